The second-order valence-electron chi connectivity index (χ2n) is 5.52. The number of phenols is 1. The molecular formula is C15H12O7. The van der Waals surface area contributed by atoms with E-state index in [1.54, 1.807) is 0 Å². The molecule has 3 atom stereocenters. The Bertz CT molecular complexity index is 780. The van der Waals surface area contributed by atoms with Crippen molar-refractivity contribution in [3.63, 3.8) is 0 Å². The van der Waals surface area contributed by atoms with Crippen LogP contribution in [0, 0.1) is 0 Å². The number of rotatable bonds is 1. The third-order valence-electron chi connectivity index (χ3n) is 4.33. The van der Waals surface area contributed by atoms with Crippen LogP contribution >= 0.6 is 0 Å². The summed E-state index contributed by atoms with van der Waals surface area (Å²) in [5, 5.41) is 20.7. The highest BCUT2D eigenvalue weighted by Crippen LogP contribution is 2.65. The maximum atomic E-state index is 12.8. The van der Waals surface area contributed by atoms with Gasteiger partial charge in [-0.3, -0.25) is 9.59 Å². The van der Waals surface area contributed by atoms with Gasteiger partial charge in [-0.25, -0.2) is 0 Å². The van der Waals surface area contributed by atoms with Gasteiger partial charge in [0.2, 0.25) is 17.2 Å². The Hall–Kier alpha value is -2.38. The number of fused-ring (bicyclic) bond motifs is 1. The Morgan fingerprint density at radius 2 is 2.05 bits per heavy atom. The number of aliphatic hydroxyl groups excluding tert-OH is 1. The smallest absolute Gasteiger partial charge is 0.316 e. The van der Waals surface area contributed by atoms with Gasteiger partial charge in [-0.15, -0.1) is 0 Å². The quantitative estimate of drug-likeness (QED) is 0.732. The first-order valence-corrected chi connectivity index (χ1v) is 6.63. The first-order chi connectivity index (χ1) is 10.4. The molecule has 7 heteroatoms. The van der Waals surface area contributed by atoms with Crippen LogP contribution in [0.5, 0.6) is 11.5 Å². The van der Waals surface area contributed by atoms with E-state index < -0.39 is 29.1 Å². The van der Waals surface area contributed by atoms with Gasteiger partial charge in [0.1, 0.15) is 23.4 Å². The number of phenolic OH excluding ortho intramolecular Hbond substituents is 1. The van der Waals surface area contributed by atoms with Crippen LogP contribution in [-0.2, 0) is 14.3 Å². The molecule has 1 aliphatic carbocycles. The summed E-state index contributed by atoms with van der Waals surface area (Å²) >= 11 is 0. The summed E-state index contributed by atoms with van der Waals surface area (Å²) in [5.74, 6) is -2.90. The topological polar surface area (TPSA) is 106 Å². The van der Waals surface area contributed by atoms with E-state index >= 15 is 0 Å². The van der Waals surface area contributed by atoms with E-state index in [1.807, 2.05) is 0 Å². The average Bonchev–Trinajstić information content (AvgIpc) is 3.16. The maximum Gasteiger partial charge on any atom is 0.316 e. The van der Waals surface area contributed by atoms with Crippen molar-refractivity contribution in [3.8, 4) is 11.5 Å². The lowest BCUT2D eigenvalue weighted by atomic mass is 9.75. The van der Waals surface area contributed by atoms with Crippen LogP contribution < -0.4 is 4.74 Å². The van der Waals surface area contributed by atoms with Crippen molar-refractivity contribution >= 4 is 11.6 Å². The number of benzene rings is 1. The number of carbonyl (C=O) groups is 2. The number of Topliss-reactive ketones (excluding diaryl/α,β-unsaturated/α-hetero) is 1. The lowest BCUT2D eigenvalue weighted by Gasteiger charge is -2.31. The molecule has 0 saturated carbocycles. The standard InChI is InChI=1S/C15H12O7/c1-6-3-10(17)14-13(19)11-8(4-7(20-2)5-9(11)16)12(18)15(14,21-6)22-14/h3-5,13,16,19H,1-2H3. The number of hydrogen-bond acceptors (Lipinski definition) is 7. The molecule has 2 N–H and O–H groups in total. The Morgan fingerprint density at radius 1 is 1.32 bits per heavy atom. The molecule has 0 aromatic heterocycles. The molecule has 4 rings (SSSR count). The minimum absolute atomic E-state index is 0.0139. The third kappa shape index (κ3) is 1.20. The molecule has 0 radical (unpaired) electrons. The summed E-state index contributed by atoms with van der Waals surface area (Å²) in [6.07, 6.45) is -0.337. The molecule has 0 bridgehead atoms. The Kier molecular flexibility index (Phi) is 2.23. The van der Waals surface area contributed by atoms with Crippen LogP contribution in [0.1, 0.15) is 28.9 Å². The number of aliphatic hydroxyl groups is 1. The maximum absolute atomic E-state index is 12.8. The molecule has 3 aliphatic rings. The summed E-state index contributed by atoms with van der Waals surface area (Å²) in [6.45, 7) is 1.52. The van der Waals surface area contributed by atoms with Gasteiger partial charge < -0.3 is 24.4 Å². The van der Waals surface area contributed by atoms with Crippen molar-refractivity contribution in [2.75, 3.05) is 7.11 Å². The molecule has 0 amide bonds. The molecule has 0 spiro atoms. The Morgan fingerprint density at radius 3 is 2.73 bits per heavy atom. The van der Waals surface area contributed by atoms with Crippen molar-refractivity contribution in [1.29, 1.82) is 0 Å². The molecular weight excluding hydrogens is 292 g/mol. The number of carbonyl (C=O) groups excluding carboxylic acids is 2. The summed E-state index contributed by atoms with van der Waals surface area (Å²) < 4.78 is 15.8. The van der Waals surface area contributed by atoms with Crippen molar-refractivity contribution in [3.05, 3.63) is 35.1 Å². The first kappa shape index (κ1) is 13.3. The zero-order chi connectivity index (χ0) is 15.9. The fourth-order valence-electron chi connectivity index (χ4n) is 3.28. The van der Waals surface area contributed by atoms with Gasteiger partial charge in [-0.05, 0) is 13.0 Å². The van der Waals surface area contributed by atoms with E-state index in [0.717, 1.165) is 0 Å². The summed E-state index contributed by atoms with van der Waals surface area (Å²) in [5.41, 5.74) is -1.85. The minimum atomic E-state index is -1.85. The zero-order valence-corrected chi connectivity index (χ0v) is 11.7. The van der Waals surface area contributed by atoms with Crippen molar-refractivity contribution in [2.45, 2.75) is 24.4 Å². The van der Waals surface area contributed by atoms with Gasteiger partial charge in [0.05, 0.1) is 7.11 Å². The molecule has 7 nitrogen and oxygen atoms in total. The molecule has 3 unspecified atom stereocenters. The Balaban J connectivity index is 1.98. The normalized spacial score (nSPS) is 34.9. The lowest BCUT2D eigenvalue weighted by molar-refractivity contribution is -0.125. The second-order valence-corrected chi connectivity index (χ2v) is 5.52. The average molecular weight is 304 g/mol. The minimum Gasteiger partial charge on any atom is -0.507 e. The molecule has 1 fully saturated rings. The van der Waals surface area contributed by atoms with Gasteiger partial charge in [-0.1, -0.05) is 0 Å². The SMILES string of the molecule is COc1cc(O)c2c(c1)C(=O)C13OC(C)=CC(=O)C1(O3)C2O. The first-order valence-electron chi connectivity index (χ1n) is 6.63. The van der Waals surface area contributed by atoms with Gasteiger partial charge in [0.15, 0.2) is 0 Å². The molecule has 2 heterocycles. The van der Waals surface area contributed by atoms with Crippen molar-refractivity contribution in [1.82, 2.24) is 0 Å². The summed E-state index contributed by atoms with van der Waals surface area (Å²) in [4.78, 5) is 25.1. The van der Waals surface area contributed by atoms with Crippen LogP contribution in [0.25, 0.3) is 0 Å². The zero-order valence-electron chi connectivity index (χ0n) is 11.7. The second kappa shape index (κ2) is 3.68. The highest BCUT2D eigenvalue weighted by molar-refractivity contribution is 6.17. The molecule has 1 aromatic rings. The van der Waals surface area contributed by atoms with Gasteiger partial charge in [0.25, 0.3) is 0 Å². The highest BCUT2D eigenvalue weighted by Gasteiger charge is 2.88. The number of ketones is 2. The van der Waals surface area contributed by atoms with Crippen LogP contribution in [0.15, 0.2) is 24.0 Å². The third-order valence-corrected chi connectivity index (χ3v) is 4.33. The van der Waals surface area contributed by atoms with Crippen LogP contribution in [0.2, 0.25) is 0 Å². The number of methoxy groups -OCH3 is 1. The number of epoxide rings is 1. The monoisotopic (exact) mass is 304 g/mol. The number of allylic oxidation sites excluding steroid dienone is 1. The fraction of sp³-hybridized carbons (Fsp3) is 0.333. The molecule has 1 saturated heterocycles. The lowest BCUT2D eigenvalue weighted by Crippen LogP contribution is -2.50. The van der Waals surface area contributed by atoms with E-state index in [-0.39, 0.29) is 28.4 Å². The van der Waals surface area contributed by atoms with E-state index in [4.69, 9.17) is 14.2 Å². The predicted molar refractivity (Wildman–Crippen MR) is 70.3 cm³/mol. The van der Waals surface area contributed by atoms with E-state index in [1.165, 1.54) is 32.2 Å². The highest BCUT2D eigenvalue weighted by atomic mass is 16.8. The van der Waals surface area contributed by atoms with E-state index in [0.29, 0.717) is 0 Å². The number of aromatic hydroxyl groups is 1. The molecule has 1 aromatic carbocycles. The van der Waals surface area contributed by atoms with E-state index in [2.05, 4.69) is 0 Å². The predicted octanol–water partition coefficient (Wildman–Crippen LogP) is 0.599. The molecule has 2 aliphatic heterocycles. The molecule has 22 heavy (non-hydrogen) atoms. The summed E-state index contributed by atoms with van der Waals surface area (Å²) in [7, 11) is 1.38. The van der Waals surface area contributed by atoms with Gasteiger partial charge >= 0.3 is 5.79 Å². The number of hydrogen-bond donors (Lipinski definition) is 2. The van der Waals surface area contributed by atoms with Crippen LogP contribution in [-0.4, -0.2) is 40.3 Å². The van der Waals surface area contributed by atoms with Crippen LogP contribution in [0.4, 0.5) is 0 Å². The van der Waals surface area contributed by atoms with Gasteiger partial charge in [-0.2, -0.15) is 0 Å². The fourth-order valence-corrected chi connectivity index (χ4v) is 3.28. The Labute approximate surface area is 124 Å². The van der Waals surface area contributed by atoms with E-state index in [9.17, 15) is 19.8 Å². The van der Waals surface area contributed by atoms with Crippen LogP contribution in [0.3, 0.4) is 0 Å². The summed E-state index contributed by atoms with van der Waals surface area (Å²) in [6, 6.07) is 2.64. The number of ether oxygens (including phenoxy) is 3. The van der Waals surface area contributed by atoms with Crippen molar-refractivity contribution in [2.24, 2.45) is 0 Å². The molecule has 114 valence electrons. The van der Waals surface area contributed by atoms with Crippen molar-refractivity contribution < 1.29 is 34.0 Å². The largest absolute Gasteiger partial charge is 0.507 e. The van der Waals surface area contributed by atoms with Gasteiger partial charge in [0, 0.05) is 23.3 Å².